The van der Waals surface area contributed by atoms with Gasteiger partial charge in [-0.1, -0.05) is 6.07 Å². The van der Waals surface area contributed by atoms with E-state index in [0.29, 0.717) is 18.1 Å². The lowest BCUT2D eigenvalue weighted by atomic mass is 10.1. The van der Waals surface area contributed by atoms with Gasteiger partial charge in [0.15, 0.2) is 0 Å². The number of hydrogen-bond acceptors (Lipinski definition) is 5. The molecule has 7 heteroatoms. The number of thioether (sulfide) groups is 1. The molecule has 1 saturated heterocycles. The molecule has 0 radical (unpaired) electrons. The molecule has 0 saturated carbocycles. The number of carbonyl (C=O) groups is 2. The van der Waals surface area contributed by atoms with Gasteiger partial charge in [-0.25, -0.2) is 4.98 Å². The van der Waals surface area contributed by atoms with E-state index < -0.39 is 10.8 Å². The van der Waals surface area contributed by atoms with Gasteiger partial charge in [-0.15, -0.1) is 11.8 Å². The van der Waals surface area contributed by atoms with E-state index in [1.54, 1.807) is 18.3 Å². The lowest BCUT2D eigenvalue weighted by molar-refractivity contribution is -0.129. The summed E-state index contributed by atoms with van der Waals surface area (Å²) in [5, 5.41) is 5.51. The number of nitrogen functional groups attached to an aromatic ring is 1. The molecule has 1 fully saturated rings. The maximum atomic E-state index is 12.0. The first-order valence-electron chi connectivity index (χ1n) is 6.32. The van der Waals surface area contributed by atoms with Crippen LogP contribution in [-0.4, -0.2) is 33.3 Å². The Labute approximate surface area is 121 Å². The van der Waals surface area contributed by atoms with Crippen molar-refractivity contribution in [1.82, 2.24) is 15.6 Å². The first kappa shape index (κ1) is 14.6. The quantitative estimate of drug-likeness (QED) is 0.744. The minimum absolute atomic E-state index is 0.116. The van der Waals surface area contributed by atoms with Crippen molar-refractivity contribution < 1.29 is 9.59 Å². The zero-order valence-corrected chi connectivity index (χ0v) is 12.3. The molecule has 0 aromatic carbocycles. The summed E-state index contributed by atoms with van der Waals surface area (Å²) in [6.07, 6.45) is 1.60. The molecule has 20 heavy (non-hydrogen) atoms. The second-order valence-electron chi connectivity index (χ2n) is 5.11. The van der Waals surface area contributed by atoms with E-state index in [-0.39, 0.29) is 11.8 Å². The summed E-state index contributed by atoms with van der Waals surface area (Å²) in [5.74, 6) is 0.642. The first-order valence-corrected chi connectivity index (χ1v) is 7.31. The smallest absolute Gasteiger partial charge is 0.243 e. The Bertz CT molecular complexity index is 533. The Morgan fingerprint density at radius 2 is 2.40 bits per heavy atom. The summed E-state index contributed by atoms with van der Waals surface area (Å²) in [4.78, 5) is 27.8. The average molecular weight is 294 g/mol. The van der Waals surface area contributed by atoms with Gasteiger partial charge in [-0.3, -0.25) is 9.59 Å². The van der Waals surface area contributed by atoms with Crippen molar-refractivity contribution in [3.63, 3.8) is 0 Å². The lowest BCUT2D eigenvalue weighted by Crippen LogP contribution is -2.57. The minimum Gasteiger partial charge on any atom is -0.383 e. The summed E-state index contributed by atoms with van der Waals surface area (Å²) in [6.45, 7) is 3.99. The average Bonchev–Trinajstić information content (AvgIpc) is 2.40. The molecule has 2 amide bonds. The molecular formula is C13H18N4O2S. The van der Waals surface area contributed by atoms with Gasteiger partial charge in [0, 0.05) is 24.1 Å². The highest BCUT2D eigenvalue weighted by molar-refractivity contribution is 8.01. The second-order valence-corrected chi connectivity index (χ2v) is 6.76. The van der Waals surface area contributed by atoms with Crippen molar-refractivity contribution in [2.75, 3.05) is 11.5 Å². The summed E-state index contributed by atoms with van der Waals surface area (Å²) in [6, 6.07) is 3.07. The number of rotatable bonds is 3. The van der Waals surface area contributed by atoms with Gasteiger partial charge in [0.25, 0.3) is 0 Å². The normalized spacial score (nSPS) is 21.1. The molecule has 1 unspecified atom stereocenters. The summed E-state index contributed by atoms with van der Waals surface area (Å²) in [7, 11) is 0. The number of hydrogen-bond donors (Lipinski definition) is 3. The third kappa shape index (κ3) is 3.22. The highest BCUT2D eigenvalue weighted by Gasteiger charge is 2.37. The third-order valence-corrected chi connectivity index (χ3v) is 4.57. The Kier molecular flexibility index (Phi) is 4.17. The molecule has 1 aromatic rings. The number of nitrogens with zero attached hydrogens (tertiary/aromatic N) is 1. The van der Waals surface area contributed by atoms with Gasteiger partial charge in [-0.2, -0.15) is 0 Å². The van der Waals surface area contributed by atoms with Crippen molar-refractivity contribution in [3.8, 4) is 0 Å². The molecule has 6 nitrogen and oxygen atoms in total. The van der Waals surface area contributed by atoms with Crippen LogP contribution in [0, 0.1) is 0 Å². The second kappa shape index (κ2) is 5.70. The molecule has 2 heterocycles. The van der Waals surface area contributed by atoms with Crippen LogP contribution in [0.1, 0.15) is 19.4 Å². The zero-order chi connectivity index (χ0) is 14.8. The van der Waals surface area contributed by atoms with Crippen molar-refractivity contribution in [3.05, 3.63) is 23.9 Å². The minimum atomic E-state index is -0.501. The Hall–Kier alpha value is -1.76. The Morgan fingerprint density at radius 3 is 3.05 bits per heavy atom. The third-order valence-electron chi connectivity index (χ3n) is 3.16. The number of anilines is 1. The van der Waals surface area contributed by atoms with Crippen molar-refractivity contribution >= 4 is 29.4 Å². The van der Waals surface area contributed by atoms with Gasteiger partial charge >= 0.3 is 0 Å². The molecule has 0 bridgehead atoms. The van der Waals surface area contributed by atoms with E-state index in [2.05, 4.69) is 15.6 Å². The van der Waals surface area contributed by atoms with Crippen LogP contribution in [-0.2, 0) is 16.1 Å². The van der Waals surface area contributed by atoms with Gasteiger partial charge in [0.1, 0.15) is 11.9 Å². The fraction of sp³-hybridized carbons (Fsp3) is 0.462. The topological polar surface area (TPSA) is 97.1 Å². The highest BCUT2D eigenvalue weighted by Crippen LogP contribution is 2.28. The Balaban J connectivity index is 1.90. The van der Waals surface area contributed by atoms with Gasteiger partial charge in [0.2, 0.25) is 11.8 Å². The molecule has 4 N–H and O–H groups in total. The molecule has 108 valence electrons. The van der Waals surface area contributed by atoms with Gasteiger partial charge < -0.3 is 16.4 Å². The van der Waals surface area contributed by atoms with Gasteiger partial charge in [0.05, 0.1) is 4.75 Å². The summed E-state index contributed by atoms with van der Waals surface area (Å²) in [5.41, 5.74) is 6.47. The fourth-order valence-corrected chi connectivity index (χ4v) is 2.79. The molecule has 1 aliphatic heterocycles. The maximum Gasteiger partial charge on any atom is 0.243 e. The van der Waals surface area contributed by atoms with Crippen LogP contribution in [0.2, 0.25) is 0 Å². The molecule has 1 atom stereocenters. The van der Waals surface area contributed by atoms with Crippen LogP contribution in [0.15, 0.2) is 18.3 Å². The Morgan fingerprint density at radius 1 is 1.65 bits per heavy atom. The number of nitrogens with two attached hydrogens (primary N) is 1. The van der Waals surface area contributed by atoms with Crippen molar-refractivity contribution in [2.45, 2.75) is 31.2 Å². The van der Waals surface area contributed by atoms with E-state index in [1.165, 1.54) is 11.8 Å². The van der Waals surface area contributed by atoms with Crippen molar-refractivity contribution in [1.29, 1.82) is 0 Å². The standard InChI is InChI=1S/C13H18N4O2S/c1-13(2)12(19)17-9(7-20-13)11(18)16-6-8-4-3-5-15-10(8)14/h3-5,9H,6-7H2,1-2H3,(H2,14,15)(H,16,18)(H,17,19). The van der Waals surface area contributed by atoms with Crippen LogP contribution in [0.25, 0.3) is 0 Å². The SMILES string of the molecule is CC1(C)SCC(C(=O)NCc2cccnc2N)NC1=O. The predicted octanol–water partition coefficient (Wildman–Crippen LogP) is 0.290. The molecule has 0 spiro atoms. The zero-order valence-electron chi connectivity index (χ0n) is 11.5. The molecule has 1 aromatic heterocycles. The first-order chi connectivity index (χ1) is 9.40. The van der Waals surface area contributed by atoms with E-state index >= 15 is 0 Å². The number of nitrogens with one attached hydrogen (secondary N) is 2. The van der Waals surface area contributed by atoms with Crippen LogP contribution >= 0.6 is 11.8 Å². The number of pyridine rings is 1. The number of carbonyl (C=O) groups excluding carboxylic acids is 2. The van der Waals surface area contributed by atoms with Crippen LogP contribution in [0.4, 0.5) is 5.82 Å². The summed E-state index contributed by atoms with van der Waals surface area (Å²) >= 11 is 1.48. The van der Waals surface area contributed by atoms with Crippen LogP contribution in [0.3, 0.4) is 0 Å². The highest BCUT2D eigenvalue weighted by atomic mass is 32.2. The molecular weight excluding hydrogens is 276 g/mol. The van der Waals surface area contributed by atoms with Crippen LogP contribution in [0.5, 0.6) is 0 Å². The van der Waals surface area contributed by atoms with E-state index in [1.807, 2.05) is 13.8 Å². The molecule has 0 aliphatic carbocycles. The number of aromatic nitrogens is 1. The molecule has 1 aliphatic rings. The van der Waals surface area contributed by atoms with E-state index in [9.17, 15) is 9.59 Å². The lowest BCUT2D eigenvalue weighted by Gasteiger charge is -2.32. The summed E-state index contributed by atoms with van der Waals surface area (Å²) < 4.78 is -0.482. The maximum absolute atomic E-state index is 12.0. The van der Waals surface area contributed by atoms with Gasteiger partial charge in [-0.05, 0) is 19.9 Å². The van der Waals surface area contributed by atoms with E-state index in [0.717, 1.165) is 5.56 Å². The van der Waals surface area contributed by atoms with Crippen LogP contribution < -0.4 is 16.4 Å². The monoisotopic (exact) mass is 294 g/mol. The molecule has 2 rings (SSSR count). The number of amides is 2. The largest absolute Gasteiger partial charge is 0.383 e. The predicted molar refractivity (Wildman–Crippen MR) is 79.0 cm³/mol. The van der Waals surface area contributed by atoms with E-state index in [4.69, 9.17) is 5.73 Å². The van der Waals surface area contributed by atoms with Crippen molar-refractivity contribution in [2.24, 2.45) is 0 Å². The fourth-order valence-electron chi connectivity index (χ4n) is 1.78.